The fraction of sp³-hybridized carbons (Fsp3) is 0.167. The molecule has 0 fully saturated rings. The normalized spacial score (nSPS) is 10.3. The minimum atomic E-state index is -0.422. The summed E-state index contributed by atoms with van der Waals surface area (Å²) in [5, 5.41) is 0. The van der Waals surface area contributed by atoms with Gasteiger partial charge in [-0.2, -0.15) is 0 Å². The zero-order chi connectivity index (χ0) is 19.8. The highest BCUT2D eigenvalue weighted by atomic mass is 16.5. The van der Waals surface area contributed by atoms with Crippen molar-refractivity contribution in [3.8, 4) is 5.75 Å². The molecule has 4 nitrogen and oxygen atoms in total. The predicted octanol–water partition coefficient (Wildman–Crippen LogP) is 5.00. The summed E-state index contributed by atoms with van der Waals surface area (Å²) in [6.07, 6.45) is 1.63. The third-order valence-corrected chi connectivity index (χ3v) is 4.35. The molecule has 28 heavy (non-hydrogen) atoms. The lowest BCUT2D eigenvalue weighted by Crippen LogP contribution is -2.10. The van der Waals surface area contributed by atoms with Gasteiger partial charge < -0.3 is 9.47 Å². The van der Waals surface area contributed by atoms with Crippen molar-refractivity contribution in [3.63, 3.8) is 0 Å². The summed E-state index contributed by atoms with van der Waals surface area (Å²) < 4.78 is 10.7. The highest BCUT2D eigenvalue weighted by molar-refractivity contribution is 5.93. The van der Waals surface area contributed by atoms with Gasteiger partial charge in [-0.25, -0.2) is 9.59 Å². The molecule has 0 unspecified atom stereocenters. The molecular weight excluding hydrogens is 352 g/mol. The lowest BCUT2D eigenvalue weighted by Gasteiger charge is -2.08. The third kappa shape index (κ3) is 5.30. The van der Waals surface area contributed by atoms with Gasteiger partial charge in [0.25, 0.3) is 0 Å². The Labute approximate surface area is 164 Å². The summed E-state index contributed by atoms with van der Waals surface area (Å²) in [6.45, 7) is 2.21. The number of ether oxygens (including phenoxy) is 2. The maximum absolute atomic E-state index is 12.2. The highest BCUT2D eigenvalue weighted by Crippen LogP contribution is 2.16. The standard InChI is InChI=1S/C24H22O4/c1-18-8-5-6-12-22(18)24(26)28-21-15-13-20(14-16-21)23(25)27-17-7-11-19-9-3-2-4-10-19/h2-6,8-10,12-16H,7,11,17H2,1H3. The van der Waals surface area contributed by atoms with E-state index in [1.807, 2.05) is 37.3 Å². The average molecular weight is 374 g/mol. The summed E-state index contributed by atoms with van der Waals surface area (Å²) in [4.78, 5) is 24.4. The maximum Gasteiger partial charge on any atom is 0.343 e. The number of hydrogen-bond acceptors (Lipinski definition) is 4. The second-order valence-corrected chi connectivity index (χ2v) is 6.45. The van der Waals surface area contributed by atoms with Crippen LogP contribution in [0.3, 0.4) is 0 Å². The van der Waals surface area contributed by atoms with Crippen LogP contribution in [-0.2, 0) is 11.2 Å². The molecule has 3 aromatic rings. The van der Waals surface area contributed by atoms with E-state index < -0.39 is 5.97 Å². The molecule has 0 radical (unpaired) electrons. The Morgan fingerprint density at radius 3 is 2.18 bits per heavy atom. The maximum atomic E-state index is 12.2. The van der Waals surface area contributed by atoms with Crippen LogP contribution in [0.2, 0.25) is 0 Å². The molecule has 0 heterocycles. The van der Waals surface area contributed by atoms with Crippen LogP contribution in [0.4, 0.5) is 0 Å². The van der Waals surface area contributed by atoms with Gasteiger partial charge in [-0.05, 0) is 61.2 Å². The zero-order valence-electron chi connectivity index (χ0n) is 15.8. The summed E-state index contributed by atoms with van der Waals surface area (Å²) in [6, 6.07) is 23.7. The topological polar surface area (TPSA) is 52.6 Å². The third-order valence-electron chi connectivity index (χ3n) is 4.35. The number of hydrogen-bond donors (Lipinski definition) is 0. The van der Waals surface area contributed by atoms with E-state index in [-0.39, 0.29) is 5.97 Å². The van der Waals surface area contributed by atoms with E-state index in [0.29, 0.717) is 23.5 Å². The fourth-order valence-corrected chi connectivity index (χ4v) is 2.79. The van der Waals surface area contributed by atoms with Crippen LogP contribution in [0.1, 0.15) is 38.3 Å². The lowest BCUT2D eigenvalue weighted by molar-refractivity contribution is 0.0500. The molecule has 142 valence electrons. The Bertz CT molecular complexity index is 930. The van der Waals surface area contributed by atoms with Crippen molar-refractivity contribution in [3.05, 3.63) is 101 Å². The minimum absolute atomic E-state index is 0.359. The van der Waals surface area contributed by atoms with Gasteiger partial charge in [-0.1, -0.05) is 48.5 Å². The van der Waals surface area contributed by atoms with Gasteiger partial charge in [0.05, 0.1) is 17.7 Å². The Balaban J connectivity index is 1.48. The fourth-order valence-electron chi connectivity index (χ4n) is 2.79. The van der Waals surface area contributed by atoms with Crippen molar-refractivity contribution >= 4 is 11.9 Å². The summed E-state index contributed by atoms with van der Waals surface area (Å²) in [5.74, 6) is -0.423. The van der Waals surface area contributed by atoms with E-state index in [0.717, 1.165) is 18.4 Å². The quantitative estimate of drug-likeness (QED) is 0.332. The molecule has 0 saturated carbocycles. The molecule has 0 aliphatic carbocycles. The molecule has 0 aliphatic heterocycles. The number of rotatable bonds is 7. The molecule has 3 rings (SSSR count). The molecule has 0 aliphatic rings. The molecule has 0 aromatic heterocycles. The largest absolute Gasteiger partial charge is 0.462 e. The van der Waals surface area contributed by atoms with E-state index in [1.54, 1.807) is 36.4 Å². The molecule has 0 saturated heterocycles. The van der Waals surface area contributed by atoms with Crippen molar-refractivity contribution in [2.45, 2.75) is 19.8 Å². The molecule has 0 bridgehead atoms. The van der Waals surface area contributed by atoms with E-state index in [2.05, 4.69) is 12.1 Å². The molecular formula is C24H22O4. The first-order valence-electron chi connectivity index (χ1n) is 9.22. The van der Waals surface area contributed by atoms with E-state index in [1.165, 1.54) is 5.56 Å². The van der Waals surface area contributed by atoms with Gasteiger partial charge in [0.15, 0.2) is 0 Å². The number of carbonyl (C=O) groups is 2. The van der Waals surface area contributed by atoms with E-state index >= 15 is 0 Å². The smallest absolute Gasteiger partial charge is 0.343 e. The Hall–Kier alpha value is -3.40. The van der Waals surface area contributed by atoms with Gasteiger partial charge in [-0.15, -0.1) is 0 Å². The summed E-state index contributed by atoms with van der Waals surface area (Å²) in [5.41, 5.74) is 3.02. The molecule has 0 atom stereocenters. The second kappa shape index (κ2) is 9.51. The lowest BCUT2D eigenvalue weighted by atomic mass is 10.1. The van der Waals surface area contributed by atoms with Crippen LogP contribution in [0.25, 0.3) is 0 Å². The number of benzene rings is 3. The van der Waals surface area contributed by atoms with Crippen LogP contribution in [-0.4, -0.2) is 18.5 Å². The van der Waals surface area contributed by atoms with Gasteiger partial charge in [-0.3, -0.25) is 0 Å². The minimum Gasteiger partial charge on any atom is -0.462 e. The Morgan fingerprint density at radius 2 is 1.46 bits per heavy atom. The van der Waals surface area contributed by atoms with Crippen LogP contribution < -0.4 is 4.74 Å². The SMILES string of the molecule is Cc1ccccc1C(=O)Oc1ccc(C(=O)OCCCc2ccccc2)cc1. The van der Waals surface area contributed by atoms with Crippen LogP contribution in [0.5, 0.6) is 5.75 Å². The van der Waals surface area contributed by atoms with E-state index in [9.17, 15) is 9.59 Å². The van der Waals surface area contributed by atoms with Gasteiger partial charge in [0.2, 0.25) is 0 Å². The van der Waals surface area contributed by atoms with Crippen LogP contribution >= 0.6 is 0 Å². The Kier molecular flexibility index (Phi) is 6.58. The monoisotopic (exact) mass is 374 g/mol. The number of esters is 2. The first kappa shape index (κ1) is 19.4. The Morgan fingerprint density at radius 1 is 0.786 bits per heavy atom. The van der Waals surface area contributed by atoms with Crippen molar-refractivity contribution < 1.29 is 19.1 Å². The van der Waals surface area contributed by atoms with Gasteiger partial charge in [0.1, 0.15) is 5.75 Å². The van der Waals surface area contributed by atoms with Crippen molar-refractivity contribution in [1.29, 1.82) is 0 Å². The van der Waals surface area contributed by atoms with Gasteiger partial charge >= 0.3 is 11.9 Å². The van der Waals surface area contributed by atoms with Gasteiger partial charge in [0, 0.05) is 0 Å². The van der Waals surface area contributed by atoms with Crippen molar-refractivity contribution in [2.24, 2.45) is 0 Å². The molecule has 0 spiro atoms. The highest BCUT2D eigenvalue weighted by Gasteiger charge is 2.12. The zero-order valence-corrected chi connectivity index (χ0v) is 15.8. The molecule has 3 aromatic carbocycles. The summed E-state index contributed by atoms with van der Waals surface area (Å²) in [7, 11) is 0. The van der Waals surface area contributed by atoms with Crippen LogP contribution in [0.15, 0.2) is 78.9 Å². The van der Waals surface area contributed by atoms with Crippen molar-refractivity contribution in [2.75, 3.05) is 6.61 Å². The van der Waals surface area contributed by atoms with Crippen LogP contribution in [0, 0.1) is 6.92 Å². The average Bonchev–Trinajstić information content (AvgIpc) is 2.72. The molecule has 0 amide bonds. The first-order valence-corrected chi connectivity index (χ1v) is 9.22. The first-order chi connectivity index (χ1) is 13.6. The van der Waals surface area contributed by atoms with Crippen molar-refractivity contribution in [1.82, 2.24) is 0 Å². The predicted molar refractivity (Wildman–Crippen MR) is 108 cm³/mol. The number of carbonyl (C=O) groups excluding carboxylic acids is 2. The van der Waals surface area contributed by atoms with E-state index in [4.69, 9.17) is 9.47 Å². The second-order valence-electron chi connectivity index (χ2n) is 6.45. The summed E-state index contributed by atoms with van der Waals surface area (Å²) >= 11 is 0. The molecule has 4 heteroatoms. The molecule has 0 N–H and O–H groups in total. The number of aryl methyl sites for hydroxylation is 2.